The smallest absolute Gasteiger partial charge is 0.347 e. The van der Waals surface area contributed by atoms with Crippen molar-refractivity contribution in [2.24, 2.45) is 29.1 Å². The lowest BCUT2D eigenvalue weighted by Gasteiger charge is -2.29. The normalized spacial score (nSPS) is 19.6. The number of epoxide rings is 1. The fourth-order valence-corrected chi connectivity index (χ4v) is 11.2. The maximum absolute atomic E-state index is 14.2. The van der Waals surface area contributed by atoms with E-state index in [-0.39, 0.29) is 153 Å². The van der Waals surface area contributed by atoms with Gasteiger partial charge in [-0.25, -0.2) is 4.79 Å². The summed E-state index contributed by atoms with van der Waals surface area (Å²) in [5.74, 6) is -5.62. The summed E-state index contributed by atoms with van der Waals surface area (Å²) in [6.45, 7) is 15.8. The van der Waals surface area contributed by atoms with Gasteiger partial charge in [0.05, 0.1) is 88.3 Å². The Balaban J connectivity index is 0.0000255. The Morgan fingerprint density at radius 2 is 1.37 bits per heavy atom. The molecule has 98 heavy (non-hydrogen) atoms. The van der Waals surface area contributed by atoms with Crippen LogP contribution < -0.4 is 31.3 Å². The van der Waals surface area contributed by atoms with E-state index in [9.17, 15) is 56.4 Å². The summed E-state index contributed by atoms with van der Waals surface area (Å²) in [6, 6.07) is 10.7. The van der Waals surface area contributed by atoms with Crippen LogP contribution in [0.4, 0.5) is 0 Å². The fraction of sp³-hybridized carbons (Fsp3) is 0.657. The molecule has 6 N–H and O–H groups in total. The largest absolute Gasteiger partial charge is 0.495 e. The summed E-state index contributed by atoms with van der Waals surface area (Å²) in [5.41, 5.74) is 1.03. The number of cyclic esters (lactones) is 2. The molecule has 1 saturated heterocycles. The second kappa shape index (κ2) is 43.7. The maximum Gasteiger partial charge on any atom is 0.347 e. The number of methoxy groups -OCH3 is 1. The first kappa shape index (κ1) is 83.7. The number of hydrogen-bond acceptors (Lipinski definition) is 20. The molecular weight excluding hydrogens is 1310 g/mol. The van der Waals surface area contributed by atoms with E-state index in [1.807, 2.05) is 58.9 Å². The third kappa shape index (κ3) is 33.0. The van der Waals surface area contributed by atoms with E-state index in [0.717, 1.165) is 11.1 Å². The van der Waals surface area contributed by atoms with Crippen molar-refractivity contribution in [1.29, 1.82) is 0 Å². The lowest BCUT2D eigenvalue weighted by Crippen LogP contribution is -2.51. The predicted octanol–water partition coefficient (Wildman–Crippen LogP) is 6.48. The number of hydrogen-bond donors (Lipinski definition) is 6. The first-order chi connectivity index (χ1) is 46.5. The molecule has 1 fully saturated rings. The van der Waals surface area contributed by atoms with Crippen molar-refractivity contribution in [3.63, 3.8) is 0 Å². The second-order valence-electron chi connectivity index (χ2n) is 26.2. The quantitative estimate of drug-likeness (QED) is 0.0179. The molecule has 0 saturated carbocycles. The van der Waals surface area contributed by atoms with Crippen molar-refractivity contribution in [2.75, 3.05) is 85.4 Å². The van der Waals surface area contributed by atoms with Crippen molar-refractivity contribution in [2.45, 2.75) is 182 Å². The molecule has 2 aliphatic heterocycles. The molecule has 2 aliphatic rings. The Morgan fingerprint density at radius 3 is 1.95 bits per heavy atom. The minimum atomic E-state index is -4.15. The van der Waals surface area contributed by atoms with Crippen LogP contribution in [0.1, 0.15) is 157 Å². The van der Waals surface area contributed by atoms with Gasteiger partial charge in [-0.05, 0) is 99.6 Å². The third-order valence-corrected chi connectivity index (χ3v) is 17.5. The van der Waals surface area contributed by atoms with Gasteiger partial charge in [-0.1, -0.05) is 89.0 Å². The molecular formula is C70H106ClN5O21S. The first-order valence-corrected chi connectivity index (χ1v) is 35.8. The van der Waals surface area contributed by atoms with E-state index in [2.05, 4.69) is 26.6 Å². The minimum absolute atomic E-state index is 0. The standard InChI is InChI=1S/C70H104ClN5O21S.H2/c1-45(2)40-59-68(85)95-57(16-13-18-62(82)75-54(42-50-22-26-58(90-9)53(71)41-50)67(84)74-44-70(7,8)69(86)96-59)48(6)65-66(97-65)51-23-19-49(20-24-51)21-25-55(78)52(43-56(79)64(46(3)4)76-63(83)17-12-14-47(5)77)15-10-11-29-72-60(80)27-31-91-33-35-93-37-38-94-36-34-92-32-28-61(81)73-30-39-98(87,88)89;/h13,18-20,22-24,26,41,45-46,48,52,54,57,59,64-66H,10-12,14-17,21,25,27-40,42-44H2,1-9H3,(H,72,80)(H,73,81)(H,74,84)(H,75,82)(H,76,83)(H,87,88,89);1H/b18-13+;/t48-,52+,54+,57-,59-,64-,65+,66+;/m0./s1. The van der Waals surface area contributed by atoms with Crippen LogP contribution in [-0.4, -0.2) is 188 Å². The van der Waals surface area contributed by atoms with Crippen LogP contribution in [0.3, 0.4) is 0 Å². The van der Waals surface area contributed by atoms with Gasteiger partial charge in [-0.3, -0.25) is 42.9 Å². The van der Waals surface area contributed by atoms with Gasteiger partial charge in [0.25, 0.3) is 10.1 Å². The molecule has 0 radical (unpaired) electrons. The van der Waals surface area contributed by atoms with Gasteiger partial charge in [0, 0.05) is 84.3 Å². The number of esters is 2. The Hall–Kier alpha value is -6.72. The van der Waals surface area contributed by atoms with Crippen molar-refractivity contribution >= 4 is 80.5 Å². The number of Topliss-reactive ketones (excluding diaryl/α,β-unsaturated/α-hetero) is 3. The molecule has 0 aromatic heterocycles. The highest BCUT2D eigenvalue weighted by Gasteiger charge is 2.48. The Labute approximate surface area is 583 Å². The molecule has 2 aromatic carbocycles. The summed E-state index contributed by atoms with van der Waals surface area (Å²) in [7, 11) is -2.67. The van der Waals surface area contributed by atoms with E-state index in [1.165, 1.54) is 20.1 Å². The van der Waals surface area contributed by atoms with Crippen molar-refractivity contribution in [1.82, 2.24) is 26.6 Å². The Kier molecular flexibility index (Phi) is 37.3. The molecule has 0 bridgehead atoms. The van der Waals surface area contributed by atoms with Crippen LogP contribution in [0.2, 0.25) is 5.02 Å². The Bertz CT molecular complexity index is 3080. The number of ether oxygens (including phenoxy) is 8. The first-order valence-electron chi connectivity index (χ1n) is 33.8. The monoisotopic (exact) mass is 1420 g/mol. The number of benzene rings is 2. The van der Waals surface area contributed by atoms with Crippen LogP contribution in [0, 0.1) is 29.1 Å². The summed E-state index contributed by atoms with van der Waals surface area (Å²) in [4.78, 5) is 132. The van der Waals surface area contributed by atoms with E-state index in [4.69, 9.17) is 54.0 Å². The molecule has 0 unspecified atom stereocenters. The lowest BCUT2D eigenvalue weighted by atomic mass is 9.85. The van der Waals surface area contributed by atoms with Crippen LogP contribution in [0.5, 0.6) is 5.75 Å². The highest BCUT2D eigenvalue weighted by Crippen LogP contribution is 2.45. The van der Waals surface area contributed by atoms with Gasteiger partial charge in [0.2, 0.25) is 29.5 Å². The number of rotatable bonds is 44. The van der Waals surface area contributed by atoms with Gasteiger partial charge in [0.15, 0.2) is 11.9 Å². The number of ketones is 3. The number of unbranched alkanes of at least 4 members (excludes halogenated alkanes) is 1. The zero-order chi connectivity index (χ0) is 72.4. The molecule has 0 spiro atoms. The number of nitrogens with one attached hydrogen (secondary N) is 5. The van der Waals surface area contributed by atoms with Crippen LogP contribution >= 0.6 is 11.6 Å². The molecule has 2 aromatic rings. The average molecular weight is 1420 g/mol. The number of amides is 5. The maximum atomic E-state index is 14.2. The van der Waals surface area contributed by atoms with E-state index >= 15 is 0 Å². The van der Waals surface area contributed by atoms with Gasteiger partial charge in [0.1, 0.15) is 35.6 Å². The van der Waals surface area contributed by atoms with Gasteiger partial charge < -0.3 is 69.3 Å². The van der Waals surface area contributed by atoms with Crippen molar-refractivity contribution < 1.29 is 100 Å². The predicted molar refractivity (Wildman–Crippen MR) is 365 cm³/mol. The lowest BCUT2D eigenvalue weighted by molar-refractivity contribution is -0.179. The molecule has 26 nitrogen and oxygen atoms in total. The molecule has 28 heteroatoms. The molecule has 0 aliphatic carbocycles. The number of halogens is 1. The number of aryl methyl sites for hydroxylation is 1. The van der Waals surface area contributed by atoms with Gasteiger partial charge in [-0.2, -0.15) is 8.42 Å². The number of carbonyl (C=O) groups excluding carboxylic acids is 10. The van der Waals surface area contributed by atoms with E-state index < -0.39 is 99.3 Å². The highest BCUT2D eigenvalue weighted by molar-refractivity contribution is 7.85. The topological polar surface area (TPSA) is 362 Å². The van der Waals surface area contributed by atoms with Gasteiger partial charge >= 0.3 is 11.9 Å². The summed E-state index contributed by atoms with van der Waals surface area (Å²) < 4.78 is 75.6. The van der Waals surface area contributed by atoms with Gasteiger partial charge in [-0.15, -0.1) is 0 Å². The highest BCUT2D eigenvalue weighted by atomic mass is 35.5. The second-order valence-corrected chi connectivity index (χ2v) is 28.2. The van der Waals surface area contributed by atoms with Crippen LogP contribution in [-0.2, 0) is 104 Å². The van der Waals surface area contributed by atoms with Crippen LogP contribution in [0.15, 0.2) is 54.6 Å². The fourth-order valence-electron chi connectivity index (χ4n) is 10.6. The summed E-state index contributed by atoms with van der Waals surface area (Å²) in [5, 5.41) is 14.0. The molecule has 550 valence electrons. The minimum Gasteiger partial charge on any atom is -0.495 e. The molecule has 5 amide bonds. The zero-order valence-corrected chi connectivity index (χ0v) is 59.8. The SMILES string of the molecule is COc1ccc(C[C@H]2NC(=O)/C=C/C[C@@H]([C@H](C)[C@H]3O[C@@H]3c3ccc(CCC(=O)[C@H](CCCCNC(=O)CCOCCOCCOCCOCCC(=O)NCCS(=O)(=O)O)CC(=O)[C@@H](NC(=O)CCCC(C)=O)C(C)C)cc3)OC(=O)[C@H](CC(C)C)OC(=O)C(C)(C)CNC2=O)cc1Cl.[HH]. The summed E-state index contributed by atoms with van der Waals surface area (Å²) >= 11 is 6.41. The number of carbonyl (C=O) groups is 10. The van der Waals surface area contributed by atoms with E-state index in [0.29, 0.717) is 68.2 Å². The van der Waals surface area contributed by atoms with Crippen molar-refractivity contribution in [3.05, 3.63) is 76.3 Å². The zero-order valence-electron chi connectivity index (χ0n) is 58.3. The van der Waals surface area contributed by atoms with Crippen LogP contribution in [0.25, 0.3) is 0 Å². The summed E-state index contributed by atoms with van der Waals surface area (Å²) in [6.07, 6.45) is 2.81. The molecule has 4 rings (SSSR count). The third-order valence-electron chi connectivity index (χ3n) is 16.5. The molecule has 2 heterocycles. The molecule has 8 atom stereocenters. The average Bonchev–Trinajstić information content (AvgIpc) is 1.64. The van der Waals surface area contributed by atoms with E-state index in [1.54, 1.807) is 38.1 Å². The van der Waals surface area contributed by atoms with Crippen molar-refractivity contribution in [3.8, 4) is 5.75 Å². The Morgan fingerprint density at radius 1 is 0.755 bits per heavy atom.